The first-order valence-electron chi connectivity index (χ1n) is 6.64. The summed E-state index contributed by atoms with van der Waals surface area (Å²) in [6, 6.07) is 12.8. The van der Waals surface area contributed by atoms with Crippen LogP contribution in [0.1, 0.15) is 12.0 Å². The predicted octanol–water partition coefficient (Wildman–Crippen LogP) is 3.60. The van der Waals surface area contributed by atoms with Crippen LogP contribution < -0.4 is 15.8 Å². The van der Waals surface area contributed by atoms with Crippen LogP contribution in [0.5, 0.6) is 5.75 Å². The van der Waals surface area contributed by atoms with Crippen molar-refractivity contribution in [3.05, 3.63) is 53.8 Å². The molecule has 2 rings (SSSR count). The smallest absolute Gasteiger partial charge is 0.128 e. The first-order chi connectivity index (χ1) is 9.66. The number of nitrogens with one attached hydrogen (secondary N) is 1. The van der Waals surface area contributed by atoms with Crippen LogP contribution in [0.4, 0.5) is 15.8 Å². The molecule has 3 N–H and O–H groups in total. The van der Waals surface area contributed by atoms with E-state index in [0.29, 0.717) is 17.9 Å². The number of aryl methyl sites for hydroxylation is 1. The fraction of sp³-hybridized carbons (Fsp3) is 0.250. The van der Waals surface area contributed by atoms with Gasteiger partial charge >= 0.3 is 0 Å². The lowest BCUT2D eigenvalue weighted by atomic mass is 10.2. The van der Waals surface area contributed by atoms with Crippen molar-refractivity contribution in [1.29, 1.82) is 0 Å². The minimum absolute atomic E-state index is 0.277. The normalized spacial score (nSPS) is 10.3. The molecule has 0 amide bonds. The zero-order chi connectivity index (χ0) is 14.4. The number of nitrogen functional groups attached to an aromatic ring is 1. The van der Waals surface area contributed by atoms with Crippen LogP contribution in [0.15, 0.2) is 42.5 Å². The highest BCUT2D eigenvalue weighted by Gasteiger charge is 2.04. The van der Waals surface area contributed by atoms with Crippen LogP contribution >= 0.6 is 0 Å². The van der Waals surface area contributed by atoms with Crippen LogP contribution in [-0.2, 0) is 0 Å². The van der Waals surface area contributed by atoms with Gasteiger partial charge in [0, 0.05) is 6.54 Å². The van der Waals surface area contributed by atoms with Crippen LogP contribution in [0.2, 0.25) is 0 Å². The minimum Gasteiger partial charge on any atom is -0.494 e. The van der Waals surface area contributed by atoms with E-state index in [0.717, 1.165) is 24.4 Å². The van der Waals surface area contributed by atoms with E-state index in [9.17, 15) is 4.39 Å². The SMILES string of the molecule is Cc1cc(NCCCOc2ccccc2)c(N)cc1F. The van der Waals surface area contributed by atoms with Crippen molar-refractivity contribution in [2.45, 2.75) is 13.3 Å². The molecular weight excluding hydrogens is 255 g/mol. The van der Waals surface area contributed by atoms with E-state index in [1.165, 1.54) is 6.07 Å². The number of anilines is 2. The Morgan fingerprint density at radius 3 is 2.70 bits per heavy atom. The van der Waals surface area contributed by atoms with Gasteiger partial charge in [0.05, 0.1) is 18.0 Å². The minimum atomic E-state index is -0.277. The molecule has 0 saturated heterocycles. The number of para-hydroxylation sites is 1. The lowest BCUT2D eigenvalue weighted by molar-refractivity contribution is 0.315. The Morgan fingerprint density at radius 1 is 1.20 bits per heavy atom. The fourth-order valence-electron chi connectivity index (χ4n) is 1.85. The van der Waals surface area contributed by atoms with Gasteiger partial charge in [-0.15, -0.1) is 0 Å². The predicted molar refractivity (Wildman–Crippen MR) is 80.6 cm³/mol. The first kappa shape index (κ1) is 14.2. The lowest BCUT2D eigenvalue weighted by Crippen LogP contribution is -2.09. The number of ether oxygens (including phenoxy) is 1. The van der Waals surface area contributed by atoms with Crippen LogP contribution in [0.25, 0.3) is 0 Å². The standard InChI is InChI=1S/C16H19FN2O/c1-12-10-16(15(18)11-14(12)17)19-8-5-9-20-13-6-3-2-4-7-13/h2-4,6-7,10-11,19H,5,8-9,18H2,1H3. The first-order valence-corrected chi connectivity index (χ1v) is 6.64. The van der Waals surface area contributed by atoms with Gasteiger partial charge in [0.1, 0.15) is 11.6 Å². The number of benzene rings is 2. The van der Waals surface area contributed by atoms with Gasteiger partial charge in [0.2, 0.25) is 0 Å². The molecule has 4 heteroatoms. The Hall–Kier alpha value is -2.23. The molecule has 0 aliphatic rings. The average Bonchev–Trinajstić information content (AvgIpc) is 2.45. The number of hydrogen-bond donors (Lipinski definition) is 2. The third-order valence-electron chi connectivity index (χ3n) is 2.98. The zero-order valence-electron chi connectivity index (χ0n) is 11.5. The Bertz CT molecular complexity index is 558. The van der Waals surface area contributed by atoms with Crippen LogP contribution in [0.3, 0.4) is 0 Å². The van der Waals surface area contributed by atoms with Crippen molar-refractivity contribution < 1.29 is 9.13 Å². The zero-order valence-corrected chi connectivity index (χ0v) is 11.5. The maximum absolute atomic E-state index is 13.3. The molecule has 0 saturated carbocycles. The van der Waals surface area contributed by atoms with Crippen molar-refractivity contribution >= 4 is 11.4 Å². The number of halogens is 1. The van der Waals surface area contributed by atoms with E-state index < -0.39 is 0 Å². The average molecular weight is 274 g/mol. The summed E-state index contributed by atoms with van der Waals surface area (Å²) in [6.07, 6.45) is 0.838. The largest absolute Gasteiger partial charge is 0.494 e. The molecule has 0 unspecified atom stereocenters. The second kappa shape index (κ2) is 6.80. The molecule has 106 valence electrons. The number of hydrogen-bond acceptors (Lipinski definition) is 3. The third-order valence-corrected chi connectivity index (χ3v) is 2.98. The molecule has 0 fully saturated rings. The third kappa shape index (κ3) is 3.88. The molecular formula is C16H19FN2O. The Labute approximate surface area is 118 Å². The summed E-state index contributed by atoms with van der Waals surface area (Å²) in [4.78, 5) is 0. The van der Waals surface area contributed by atoms with Crippen LogP contribution in [-0.4, -0.2) is 13.2 Å². The topological polar surface area (TPSA) is 47.3 Å². The van der Waals surface area contributed by atoms with Gasteiger partial charge in [-0.3, -0.25) is 0 Å². The maximum Gasteiger partial charge on any atom is 0.128 e. The van der Waals surface area contributed by atoms with Crippen molar-refractivity contribution in [1.82, 2.24) is 0 Å². The monoisotopic (exact) mass is 274 g/mol. The summed E-state index contributed by atoms with van der Waals surface area (Å²) in [5.41, 5.74) is 7.54. The highest BCUT2D eigenvalue weighted by Crippen LogP contribution is 2.22. The molecule has 0 spiro atoms. The quantitative estimate of drug-likeness (QED) is 0.625. The highest BCUT2D eigenvalue weighted by molar-refractivity contribution is 5.67. The molecule has 0 bridgehead atoms. The summed E-state index contributed by atoms with van der Waals surface area (Å²) in [5.74, 6) is 0.588. The molecule has 0 aromatic heterocycles. The molecule has 0 atom stereocenters. The molecule has 0 heterocycles. The summed E-state index contributed by atoms with van der Waals surface area (Å²) >= 11 is 0. The lowest BCUT2D eigenvalue weighted by Gasteiger charge is -2.11. The fourth-order valence-corrected chi connectivity index (χ4v) is 1.85. The Balaban J connectivity index is 1.75. The maximum atomic E-state index is 13.3. The van der Waals surface area contributed by atoms with Crippen molar-refractivity contribution in [3.8, 4) is 5.75 Å². The van der Waals surface area contributed by atoms with Crippen molar-refractivity contribution in [3.63, 3.8) is 0 Å². The van der Waals surface area contributed by atoms with Gasteiger partial charge in [-0.1, -0.05) is 18.2 Å². The molecule has 3 nitrogen and oxygen atoms in total. The molecule has 2 aromatic rings. The van der Waals surface area contributed by atoms with Gasteiger partial charge in [0.15, 0.2) is 0 Å². The van der Waals surface area contributed by atoms with E-state index in [1.807, 2.05) is 30.3 Å². The summed E-state index contributed by atoms with van der Waals surface area (Å²) in [5, 5.41) is 3.20. The Morgan fingerprint density at radius 2 is 1.95 bits per heavy atom. The molecule has 0 aliphatic heterocycles. The Kier molecular flexibility index (Phi) is 4.82. The molecule has 20 heavy (non-hydrogen) atoms. The second-order valence-electron chi connectivity index (χ2n) is 4.63. The van der Waals surface area contributed by atoms with Crippen LogP contribution in [0, 0.1) is 12.7 Å². The van der Waals surface area contributed by atoms with Gasteiger partial charge in [-0.2, -0.15) is 0 Å². The summed E-state index contributed by atoms with van der Waals surface area (Å²) < 4.78 is 18.8. The van der Waals surface area contributed by atoms with E-state index in [2.05, 4.69) is 5.32 Å². The van der Waals surface area contributed by atoms with E-state index in [4.69, 9.17) is 10.5 Å². The molecule has 0 aliphatic carbocycles. The molecule has 2 aromatic carbocycles. The highest BCUT2D eigenvalue weighted by atomic mass is 19.1. The van der Waals surface area contributed by atoms with Crippen molar-refractivity contribution in [2.24, 2.45) is 0 Å². The van der Waals surface area contributed by atoms with E-state index in [-0.39, 0.29) is 5.82 Å². The van der Waals surface area contributed by atoms with Gasteiger partial charge < -0.3 is 15.8 Å². The van der Waals surface area contributed by atoms with E-state index >= 15 is 0 Å². The summed E-state index contributed by atoms with van der Waals surface area (Å²) in [6.45, 7) is 3.07. The summed E-state index contributed by atoms with van der Waals surface area (Å²) in [7, 11) is 0. The number of nitrogens with two attached hydrogens (primary N) is 1. The van der Waals surface area contributed by atoms with E-state index in [1.54, 1.807) is 13.0 Å². The molecule has 0 radical (unpaired) electrons. The number of rotatable bonds is 6. The van der Waals surface area contributed by atoms with Gasteiger partial charge in [0.25, 0.3) is 0 Å². The van der Waals surface area contributed by atoms with Gasteiger partial charge in [-0.25, -0.2) is 4.39 Å². The van der Waals surface area contributed by atoms with Crippen molar-refractivity contribution in [2.75, 3.05) is 24.2 Å². The second-order valence-corrected chi connectivity index (χ2v) is 4.63. The van der Waals surface area contributed by atoms with Gasteiger partial charge in [-0.05, 0) is 43.2 Å².